The second kappa shape index (κ2) is 12.8. The molecule has 0 radical (unpaired) electrons. The summed E-state index contributed by atoms with van der Waals surface area (Å²) < 4.78 is 0. The van der Waals surface area contributed by atoms with Crippen LogP contribution in [0.2, 0.25) is 0 Å². The molecule has 5 nitrogen and oxygen atoms in total. The maximum atomic E-state index is 5.28. The van der Waals surface area contributed by atoms with Gasteiger partial charge in [-0.1, -0.05) is 120 Å². The molecule has 0 N–H and O–H groups in total. The van der Waals surface area contributed by atoms with E-state index in [2.05, 4.69) is 84.9 Å². The third-order valence-corrected chi connectivity index (χ3v) is 9.86. The van der Waals surface area contributed by atoms with E-state index in [4.69, 9.17) is 25.3 Å². The number of benzene rings is 6. The van der Waals surface area contributed by atoms with Crippen LogP contribution in [0.3, 0.4) is 0 Å². The standard InChI is InChI=1S/C45H29N5.Pt/c1-3-10-28(11-4-1)37-26-39(49-44(47-37)35-22-20-31-15-7-14-30-18-9-19-34(35)41(30)31)40-27-38(29-12-5-2-6-13-29)48-45(50-40)36-23-21-32-16-8-17-33-24-25-46-43(36)42(32)33;/h1-6,8-13,16-18,20-27H,7,14-15H2;/q-2;+2. The van der Waals surface area contributed by atoms with Crippen molar-refractivity contribution in [2.75, 3.05) is 0 Å². The molecule has 0 unspecified atom stereocenters. The first-order chi connectivity index (χ1) is 24.8. The molecule has 10 rings (SSSR count). The molecule has 0 bridgehead atoms. The van der Waals surface area contributed by atoms with Gasteiger partial charge in [-0.3, -0.25) is 0 Å². The Labute approximate surface area is 310 Å². The zero-order valence-electron chi connectivity index (χ0n) is 27.5. The number of hydrogen-bond donors (Lipinski definition) is 0. The van der Waals surface area contributed by atoms with E-state index in [9.17, 15) is 0 Å². The van der Waals surface area contributed by atoms with Crippen molar-refractivity contribution in [2.24, 2.45) is 0 Å². The number of rotatable bonds is 5. The summed E-state index contributed by atoms with van der Waals surface area (Å²) in [6.07, 6.45) is 7.23. The van der Waals surface area contributed by atoms with Crippen LogP contribution in [0.15, 0.2) is 134 Å². The molecule has 0 spiro atoms. The zero-order valence-corrected chi connectivity index (χ0v) is 29.7. The average molecular weight is 835 g/mol. The van der Waals surface area contributed by atoms with E-state index in [1.165, 1.54) is 22.9 Å². The maximum absolute atomic E-state index is 5.28. The molecule has 0 saturated heterocycles. The van der Waals surface area contributed by atoms with Crippen molar-refractivity contribution in [3.8, 4) is 56.7 Å². The first kappa shape index (κ1) is 31.2. The SMILES string of the molecule is [Pt+2].[c-]1ccc2c3c(ccc(-c4nc(-c5ccccc5)cc(-c5cc(-c6ccccc6)nc(-c6ccc7cccc8c7c6[N-]C=C8)n5)n4)c13)CCC2. The molecule has 0 saturated carbocycles. The van der Waals surface area contributed by atoms with E-state index in [0.29, 0.717) is 17.3 Å². The molecule has 244 valence electrons. The molecule has 6 heteroatoms. The van der Waals surface area contributed by atoms with Gasteiger partial charge in [0, 0.05) is 16.7 Å². The fraction of sp³-hybridized carbons (Fsp3) is 0.0667. The minimum Gasteiger partial charge on any atom is -0.663 e. The molecular formula is C45H29N5Pt. The Balaban J connectivity index is 0.00000348. The minimum atomic E-state index is 0. The van der Waals surface area contributed by atoms with Crippen molar-refractivity contribution in [3.63, 3.8) is 0 Å². The van der Waals surface area contributed by atoms with Crippen molar-refractivity contribution in [1.82, 2.24) is 19.9 Å². The van der Waals surface area contributed by atoms with Gasteiger partial charge in [-0.15, -0.1) is 40.2 Å². The van der Waals surface area contributed by atoms with E-state index in [1.54, 1.807) is 0 Å². The summed E-state index contributed by atoms with van der Waals surface area (Å²) >= 11 is 0. The molecule has 2 aromatic heterocycles. The van der Waals surface area contributed by atoms with Crippen LogP contribution in [0.4, 0.5) is 5.69 Å². The van der Waals surface area contributed by atoms with Gasteiger partial charge in [0.05, 0.1) is 22.8 Å². The molecule has 1 aliphatic carbocycles. The summed E-state index contributed by atoms with van der Waals surface area (Å²) in [5.74, 6) is 1.25. The van der Waals surface area contributed by atoms with Crippen LogP contribution < -0.4 is 0 Å². The van der Waals surface area contributed by atoms with Crippen molar-refractivity contribution >= 4 is 33.3 Å². The van der Waals surface area contributed by atoms with E-state index >= 15 is 0 Å². The summed E-state index contributed by atoms with van der Waals surface area (Å²) in [7, 11) is 0. The second-order valence-corrected chi connectivity index (χ2v) is 12.9. The van der Waals surface area contributed by atoms with Crippen LogP contribution in [-0.4, -0.2) is 19.9 Å². The Bertz CT molecular complexity index is 2640. The third kappa shape index (κ3) is 5.46. The van der Waals surface area contributed by atoms with Crippen molar-refractivity contribution in [2.45, 2.75) is 19.3 Å². The third-order valence-electron chi connectivity index (χ3n) is 9.86. The van der Waals surface area contributed by atoms with Gasteiger partial charge in [-0.25, -0.2) is 19.9 Å². The van der Waals surface area contributed by atoms with Crippen LogP contribution in [0, 0.1) is 6.07 Å². The summed E-state index contributed by atoms with van der Waals surface area (Å²) in [5.41, 5.74) is 11.7. The molecule has 3 heterocycles. The number of aryl methyl sites for hydroxylation is 2. The van der Waals surface area contributed by atoms with Gasteiger partial charge in [-0.05, 0) is 47.7 Å². The quantitative estimate of drug-likeness (QED) is 0.162. The second-order valence-electron chi connectivity index (χ2n) is 12.9. The molecular weight excluding hydrogens is 806 g/mol. The van der Waals surface area contributed by atoms with Gasteiger partial charge in [0.1, 0.15) is 5.82 Å². The first-order valence-electron chi connectivity index (χ1n) is 17.1. The topological polar surface area (TPSA) is 65.7 Å². The van der Waals surface area contributed by atoms with Gasteiger partial charge in [0.15, 0.2) is 5.82 Å². The normalized spacial score (nSPS) is 12.8. The van der Waals surface area contributed by atoms with E-state index in [0.717, 1.165) is 79.6 Å². The van der Waals surface area contributed by atoms with Crippen molar-refractivity contribution in [1.29, 1.82) is 0 Å². The van der Waals surface area contributed by atoms with Crippen LogP contribution in [0.5, 0.6) is 0 Å². The molecule has 1 aliphatic heterocycles. The van der Waals surface area contributed by atoms with Gasteiger partial charge in [0.25, 0.3) is 0 Å². The van der Waals surface area contributed by atoms with E-state index < -0.39 is 0 Å². The summed E-state index contributed by atoms with van der Waals surface area (Å²) in [6.45, 7) is 0. The van der Waals surface area contributed by atoms with Gasteiger partial charge in [-0.2, -0.15) is 6.20 Å². The molecule has 2 aliphatic rings. The molecule has 51 heavy (non-hydrogen) atoms. The van der Waals surface area contributed by atoms with Gasteiger partial charge < -0.3 is 5.32 Å². The zero-order chi connectivity index (χ0) is 33.0. The predicted molar refractivity (Wildman–Crippen MR) is 203 cm³/mol. The Morgan fingerprint density at radius 3 is 1.88 bits per heavy atom. The first-order valence-corrected chi connectivity index (χ1v) is 17.1. The van der Waals surface area contributed by atoms with Crippen LogP contribution >= 0.6 is 0 Å². The van der Waals surface area contributed by atoms with Crippen LogP contribution in [-0.2, 0) is 33.9 Å². The Morgan fingerprint density at radius 2 is 1.18 bits per heavy atom. The maximum Gasteiger partial charge on any atom is 2.00 e. The van der Waals surface area contributed by atoms with E-state index in [-0.39, 0.29) is 21.1 Å². The number of nitrogens with zero attached hydrogens (tertiary/aromatic N) is 5. The fourth-order valence-corrected chi connectivity index (χ4v) is 7.49. The monoisotopic (exact) mass is 834 g/mol. The largest absolute Gasteiger partial charge is 2.00 e. The molecule has 0 atom stereocenters. The summed E-state index contributed by atoms with van der Waals surface area (Å²) in [5, 5.41) is 9.48. The smallest absolute Gasteiger partial charge is 0.663 e. The minimum absolute atomic E-state index is 0. The molecule has 0 amide bonds. The molecule has 0 fully saturated rings. The van der Waals surface area contributed by atoms with Crippen molar-refractivity contribution in [3.05, 3.63) is 162 Å². The summed E-state index contributed by atoms with van der Waals surface area (Å²) in [6, 6.07) is 47.4. The van der Waals surface area contributed by atoms with Gasteiger partial charge in [0.2, 0.25) is 0 Å². The Hall–Kier alpha value is -5.77. The number of aromatic nitrogens is 4. The number of hydrogen-bond acceptors (Lipinski definition) is 4. The van der Waals surface area contributed by atoms with Gasteiger partial charge >= 0.3 is 21.1 Å². The Morgan fingerprint density at radius 1 is 0.549 bits per heavy atom. The van der Waals surface area contributed by atoms with E-state index in [1.807, 2.05) is 60.8 Å². The Kier molecular flexibility index (Phi) is 7.86. The predicted octanol–water partition coefficient (Wildman–Crippen LogP) is 11.2. The molecule has 6 aromatic carbocycles. The van der Waals surface area contributed by atoms with Crippen LogP contribution in [0.1, 0.15) is 23.1 Å². The van der Waals surface area contributed by atoms with Crippen molar-refractivity contribution < 1.29 is 21.1 Å². The summed E-state index contributed by atoms with van der Waals surface area (Å²) in [4.78, 5) is 20.9. The average Bonchev–Trinajstić information content (AvgIpc) is 3.19. The fourth-order valence-electron chi connectivity index (χ4n) is 7.49. The molecule has 8 aromatic rings. The van der Waals surface area contributed by atoms with Crippen LogP contribution in [0.25, 0.3) is 89.6 Å².